The summed E-state index contributed by atoms with van der Waals surface area (Å²) in [6, 6.07) is 5.71. The summed E-state index contributed by atoms with van der Waals surface area (Å²) in [7, 11) is 0. The molecule has 0 bridgehead atoms. The van der Waals surface area contributed by atoms with Crippen molar-refractivity contribution >= 4 is 16.9 Å². The number of aryl methyl sites for hydroxylation is 1. The molecule has 1 heterocycles. The van der Waals surface area contributed by atoms with E-state index in [9.17, 15) is 9.90 Å². The van der Waals surface area contributed by atoms with Gasteiger partial charge in [0.15, 0.2) is 0 Å². The normalized spacial score (nSPS) is 11.9. The lowest BCUT2D eigenvalue weighted by molar-refractivity contribution is -0.142. The Bertz CT molecular complexity index is 570. The molecule has 0 aliphatic carbocycles. The van der Waals surface area contributed by atoms with E-state index in [-0.39, 0.29) is 0 Å². The number of aliphatic carboxylic acids is 1. The van der Waals surface area contributed by atoms with Gasteiger partial charge in [-0.1, -0.05) is 6.07 Å². The molecule has 17 heavy (non-hydrogen) atoms. The Morgan fingerprint density at radius 3 is 2.76 bits per heavy atom. The number of hydrogen-bond donors (Lipinski definition) is 1. The molecule has 0 atom stereocenters. The van der Waals surface area contributed by atoms with E-state index in [2.05, 4.69) is 5.10 Å². The smallest absolute Gasteiger partial charge is 0.313 e. The predicted octanol–water partition coefficient (Wildman–Crippen LogP) is 2.42. The molecule has 0 saturated heterocycles. The zero-order chi connectivity index (χ0) is 12.6. The molecule has 1 aromatic carbocycles. The summed E-state index contributed by atoms with van der Waals surface area (Å²) in [6.07, 6.45) is 1.78. The maximum absolute atomic E-state index is 11.2. The van der Waals surface area contributed by atoms with Crippen molar-refractivity contribution in [1.82, 2.24) is 9.78 Å². The van der Waals surface area contributed by atoms with Crippen LogP contribution in [0.2, 0.25) is 0 Å². The molecule has 0 unspecified atom stereocenters. The molecular weight excluding hydrogens is 216 g/mol. The second kappa shape index (κ2) is 3.87. The Morgan fingerprint density at radius 2 is 2.18 bits per heavy atom. The maximum atomic E-state index is 11.2. The van der Waals surface area contributed by atoms with Gasteiger partial charge >= 0.3 is 5.97 Å². The van der Waals surface area contributed by atoms with Crippen molar-refractivity contribution in [2.24, 2.45) is 0 Å². The molecule has 0 spiro atoms. The van der Waals surface area contributed by atoms with E-state index in [4.69, 9.17) is 0 Å². The lowest BCUT2D eigenvalue weighted by Gasteiger charge is -2.19. The second-order valence-corrected chi connectivity index (χ2v) is 4.66. The first-order chi connectivity index (χ1) is 7.96. The standard InChI is InChI=1S/C13H16N2O2/c1-4-15-11-6-5-10(7-9(11)8-14-15)13(2,3)12(16)17/h5-8H,4H2,1-3H3,(H,16,17). The number of fused-ring (bicyclic) bond motifs is 1. The maximum Gasteiger partial charge on any atom is 0.313 e. The van der Waals surface area contributed by atoms with Crippen molar-refractivity contribution in [3.63, 3.8) is 0 Å². The molecule has 4 nitrogen and oxygen atoms in total. The van der Waals surface area contributed by atoms with E-state index in [1.165, 1.54) is 0 Å². The van der Waals surface area contributed by atoms with Gasteiger partial charge in [-0.25, -0.2) is 0 Å². The van der Waals surface area contributed by atoms with Crippen molar-refractivity contribution in [3.8, 4) is 0 Å². The van der Waals surface area contributed by atoms with E-state index in [1.807, 2.05) is 29.8 Å². The monoisotopic (exact) mass is 232 g/mol. The van der Waals surface area contributed by atoms with Gasteiger partial charge in [-0.2, -0.15) is 5.10 Å². The number of carbonyl (C=O) groups is 1. The summed E-state index contributed by atoms with van der Waals surface area (Å²) < 4.78 is 1.90. The summed E-state index contributed by atoms with van der Waals surface area (Å²) in [5, 5.41) is 14.4. The number of nitrogens with zero attached hydrogens (tertiary/aromatic N) is 2. The van der Waals surface area contributed by atoms with Crippen LogP contribution in [0.1, 0.15) is 26.3 Å². The summed E-state index contributed by atoms with van der Waals surface area (Å²) in [5.41, 5.74) is 0.966. The van der Waals surface area contributed by atoms with E-state index >= 15 is 0 Å². The van der Waals surface area contributed by atoms with Gasteiger partial charge in [0.1, 0.15) is 0 Å². The lowest BCUT2D eigenvalue weighted by atomic mass is 9.84. The van der Waals surface area contributed by atoms with Crippen LogP contribution in [-0.2, 0) is 16.8 Å². The highest BCUT2D eigenvalue weighted by atomic mass is 16.4. The number of aromatic nitrogens is 2. The predicted molar refractivity (Wildman–Crippen MR) is 66.1 cm³/mol. The van der Waals surface area contributed by atoms with Crippen LogP contribution in [0.5, 0.6) is 0 Å². The van der Waals surface area contributed by atoms with Gasteiger partial charge in [-0.05, 0) is 38.5 Å². The fourth-order valence-corrected chi connectivity index (χ4v) is 1.85. The molecule has 0 amide bonds. The minimum absolute atomic E-state index is 0.799. The van der Waals surface area contributed by atoms with Gasteiger partial charge in [0, 0.05) is 11.9 Å². The molecule has 0 aliphatic rings. The molecule has 2 rings (SSSR count). The van der Waals surface area contributed by atoms with E-state index in [1.54, 1.807) is 20.0 Å². The molecular formula is C13H16N2O2. The average molecular weight is 232 g/mol. The first-order valence-electron chi connectivity index (χ1n) is 5.66. The zero-order valence-electron chi connectivity index (χ0n) is 10.3. The number of carboxylic acids is 1. The van der Waals surface area contributed by atoms with Gasteiger partial charge in [-0.15, -0.1) is 0 Å². The Kier molecular flexibility index (Phi) is 2.65. The van der Waals surface area contributed by atoms with Crippen molar-refractivity contribution in [2.45, 2.75) is 32.7 Å². The minimum Gasteiger partial charge on any atom is -0.481 e. The van der Waals surface area contributed by atoms with Gasteiger partial charge in [0.2, 0.25) is 0 Å². The molecule has 0 radical (unpaired) electrons. The molecule has 0 fully saturated rings. The van der Waals surface area contributed by atoms with Gasteiger partial charge < -0.3 is 5.11 Å². The molecule has 0 saturated carbocycles. The van der Waals surface area contributed by atoms with Gasteiger partial charge in [0.05, 0.1) is 17.1 Å². The number of hydrogen-bond acceptors (Lipinski definition) is 2. The van der Waals surface area contributed by atoms with Crippen molar-refractivity contribution in [1.29, 1.82) is 0 Å². The molecule has 4 heteroatoms. The van der Waals surface area contributed by atoms with Crippen LogP contribution < -0.4 is 0 Å². The van der Waals surface area contributed by atoms with Crippen LogP contribution in [0.25, 0.3) is 10.9 Å². The fraction of sp³-hybridized carbons (Fsp3) is 0.385. The highest BCUT2D eigenvalue weighted by molar-refractivity contribution is 5.85. The van der Waals surface area contributed by atoms with Crippen LogP contribution >= 0.6 is 0 Å². The molecule has 1 aromatic heterocycles. The van der Waals surface area contributed by atoms with Gasteiger partial charge in [0.25, 0.3) is 0 Å². The SMILES string of the molecule is CCn1ncc2cc(C(C)(C)C(=O)O)ccc21. The Hall–Kier alpha value is -1.84. The Morgan fingerprint density at radius 1 is 1.47 bits per heavy atom. The molecule has 90 valence electrons. The summed E-state index contributed by atoms with van der Waals surface area (Å²) in [6.45, 7) is 6.26. The van der Waals surface area contributed by atoms with E-state index in [0.717, 1.165) is 23.0 Å². The largest absolute Gasteiger partial charge is 0.481 e. The number of benzene rings is 1. The van der Waals surface area contributed by atoms with Gasteiger partial charge in [-0.3, -0.25) is 9.48 Å². The second-order valence-electron chi connectivity index (χ2n) is 4.66. The van der Waals surface area contributed by atoms with Crippen molar-refractivity contribution in [2.75, 3.05) is 0 Å². The lowest BCUT2D eigenvalue weighted by Crippen LogP contribution is -2.28. The highest BCUT2D eigenvalue weighted by Gasteiger charge is 2.29. The average Bonchev–Trinajstić information content (AvgIpc) is 2.70. The van der Waals surface area contributed by atoms with Crippen LogP contribution in [0.3, 0.4) is 0 Å². The molecule has 2 aromatic rings. The van der Waals surface area contributed by atoms with Crippen LogP contribution in [0, 0.1) is 0 Å². The quantitative estimate of drug-likeness (QED) is 0.884. The Balaban J connectivity index is 2.56. The summed E-state index contributed by atoms with van der Waals surface area (Å²) >= 11 is 0. The third-order valence-corrected chi connectivity index (χ3v) is 3.20. The zero-order valence-corrected chi connectivity index (χ0v) is 10.3. The van der Waals surface area contributed by atoms with E-state index < -0.39 is 11.4 Å². The number of carboxylic acid groups (broad SMARTS) is 1. The fourth-order valence-electron chi connectivity index (χ4n) is 1.85. The molecule has 1 N–H and O–H groups in total. The molecule has 0 aliphatic heterocycles. The topological polar surface area (TPSA) is 55.1 Å². The Labute approximate surface area is 99.9 Å². The van der Waals surface area contributed by atoms with Crippen LogP contribution in [0.4, 0.5) is 0 Å². The van der Waals surface area contributed by atoms with Crippen LogP contribution in [0.15, 0.2) is 24.4 Å². The summed E-state index contributed by atoms with van der Waals surface area (Å²) in [5.74, 6) is -0.820. The first-order valence-corrected chi connectivity index (χ1v) is 5.66. The minimum atomic E-state index is -0.873. The third-order valence-electron chi connectivity index (χ3n) is 3.20. The highest BCUT2D eigenvalue weighted by Crippen LogP contribution is 2.26. The summed E-state index contributed by atoms with van der Waals surface area (Å²) in [4.78, 5) is 11.2. The first kappa shape index (κ1) is 11.6. The number of rotatable bonds is 3. The van der Waals surface area contributed by atoms with Crippen molar-refractivity contribution < 1.29 is 9.90 Å². The van der Waals surface area contributed by atoms with Crippen LogP contribution in [-0.4, -0.2) is 20.9 Å². The van der Waals surface area contributed by atoms with E-state index in [0.29, 0.717) is 0 Å². The third kappa shape index (κ3) is 1.79. The van der Waals surface area contributed by atoms with Crippen molar-refractivity contribution in [3.05, 3.63) is 30.0 Å².